The zero-order chi connectivity index (χ0) is 9.84. The fourth-order valence-corrected chi connectivity index (χ4v) is 0.816. The van der Waals surface area contributed by atoms with Crippen molar-refractivity contribution in [2.75, 3.05) is 7.11 Å². The van der Waals surface area contributed by atoms with Crippen molar-refractivity contribution in [2.24, 2.45) is 5.73 Å². The molecule has 1 rings (SSSR count). The first-order chi connectivity index (χ1) is 6.15. The summed E-state index contributed by atoms with van der Waals surface area (Å²) in [6.45, 7) is 0. The van der Waals surface area contributed by atoms with Crippen molar-refractivity contribution in [3.63, 3.8) is 0 Å². The number of primary amides is 1. The van der Waals surface area contributed by atoms with Crippen molar-refractivity contribution in [3.05, 3.63) is 23.8 Å². The Balaban J connectivity index is 2.87. The van der Waals surface area contributed by atoms with Crippen LogP contribution < -0.4 is 5.73 Å². The number of aromatic nitrogens is 2. The Morgan fingerprint density at radius 1 is 1.62 bits per heavy atom. The normalized spacial score (nSPS) is 12.5. The quantitative estimate of drug-likeness (QED) is 0.721. The predicted octanol–water partition coefficient (Wildman–Crippen LogP) is 0.459. The summed E-state index contributed by atoms with van der Waals surface area (Å²) in [5.74, 6) is -0.623. The molecule has 1 aromatic rings. The van der Waals surface area contributed by atoms with Gasteiger partial charge >= 0.3 is 0 Å². The summed E-state index contributed by atoms with van der Waals surface area (Å²) >= 11 is 5.68. The first kappa shape index (κ1) is 9.88. The summed E-state index contributed by atoms with van der Waals surface area (Å²) < 4.78 is 4.78. The van der Waals surface area contributed by atoms with Gasteiger partial charge in [-0.25, -0.2) is 4.98 Å². The van der Waals surface area contributed by atoms with Crippen molar-refractivity contribution >= 4 is 17.5 Å². The van der Waals surface area contributed by atoms with Crippen molar-refractivity contribution in [1.29, 1.82) is 0 Å². The van der Waals surface area contributed by atoms with E-state index in [0.717, 1.165) is 0 Å². The van der Waals surface area contributed by atoms with Crippen LogP contribution in [-0.4, -0.2) is 23.0 Å². The molecule has 0 aliphatic rings. The van der Waals surface area contributed by atoms with Gasteiger partial charge in [-0.15, -0.1) is 0 Å². The van der Waals surface area contributed by atoms with E-state index >= 15 is 0 Å². The van der Waals surface area contributed by atoms with Gasteiger partial charge in [0.05, 0.1) is 12.4 Å². The number of hydrogen-bond acceptors (Lipinski definition) is 4. The Kier molecular flexibility index (Phi) is 3.16. The van der Waals surface area contributed by atoms with E-state index in [1.165, 1.54) is 19.5 Å². The SMILES string of the molecule is COC(Cl)c1cnc(C(N)=O)cn1. The average molecular weight is 202 g/mol. The number of nitrogens with two attached hydrogens (primary N) is 1. The first-order valence-corrected chi connectivity index (χ1v) is 3.87. The van der Waals surface area contributed by atoms with Crippen LogP contribution in [0.2, 0.25) is 0 Å². The standard InChI is InChI=1S/C7H8ClN3O2/c1-13-6(8)4-2-11-5(3-10-4)7(9)12/h2-3,6H,1H3,(H2,9,12). The highest BCUT2D eigenvalue weighted by Gasteiger charge is 2.09. The molecule has 0 fully saturated rings. The van der Waals surface area contributed by atoms with Crippen LogP contribution in [0.5, 0.6) is 0 Å². The van der Waals surface area contributed by atoms with Gasteiger partial charge in [0.25, 0.3) is 5.91 Å². The summed E-state index contributed by atoms with van der Waals surface area (Å²) in [6.07, 6.45) is 2.60. The van der Waals surface area contributed by atoms with Crippen molar-refractivity contribution in [1.82, 2.24) is 9.97 Å². The van der Waals surface area contributed by atoms with E-state index in [-0.39, 0.29) is 5.69 Å². The number of rotatable bonds is 3. The van der Waals surface area contributed by atoms with Crippen molar-refractivity contribution < 1.29 is 9.53 Å². The van der Waals surface area contributed by atoms with Crippen LogP contribution >= 0.6 is 11.6 Å². The van der Waals surface area contributed by atoms with Crippen LogP contribution in [0.4, 0.5) is 0 Å². The molecule has 0 bridgehead atoms. The van der Waals surface area contributed by atoms with Crippen LogP contribution in [0, 0.1) is 0 Å². The highest BCUT2D eigenvalue weighted by Crippen LogP contribution is 2.16. The number of halogens is 1. The van der Waals surface area contributed by atoms with E-state index in [1.54, 1.807) is 0 Å². The highest BCUT2D eigenvalue weighted by atomic mass is 35.5. The van der Waals surface area contributed by atoms with E-state index < -0.39 is 11.5 Å². The summed E-state index contributed by atoms with van der Waals surface area (Å²) in [4.78, 5) is 18.2. The molecule has 0 aromatic carbocycles. The van der Waals surface area contributed by atoms with Gasteiger partial charge < -0.3 is 10.5 Å². The highest BCUT2D eigenvalue weighted by molar-refractivity contribution is 6.19. The fraction of sp³-hybridized carbons (Fsp3) is 0.286. The molecule has 1 aromatic heterocycles. The molecule has 5 nitrogen and oxygen atoms in total. The Hall–Kier alpha value is -1.20. The predicted molar refractivity (Wildman–Crippen MR) is 46.2 cm³/mol. The maximum atomic E-state index is 10.6. The summed E-state index contributed by atoms with van der Waals surface area (Å²) in [5.41, 5.74) is 4.85. The van der Waals surface area contributed by atoms with Gasteiger partial charge in [0.2, 0.25) is 0 Å². The molecule has 0 radical (unpaired) electrons. The largest absolute Gasteiger partial charge is 0.364 e. The Bertz CT molecular complexity index is 301. The van der Waals surface area contributed by atoms with E-state index in [9.17, 15) is 4.79 Å². The number of carbonyl (C=O) groups excluding carboxylic acids is 1. The van der Waals surface area contributed by atoms with Crippen LogP contribution in [-0.2, 0) is 4.74 Å². The Morgan fingerprint density at radius 3 is 2.69 bits per heavy atom. The molecule has 13 heavy (non-hydrogen) atoms. The second kappa shape index (κ2) is 4.15. The minimum atomic E-state index is -0.658. The van der Waals surface area contributed by atoms with Gasteiger partial charge in [0.1, 0.15) is 11.4 Å². The van der Waals surface area contributed by atoms with Gasteiger partial charge in [-0.3, -0.25) is 9.78 Å². The molecule has 1 atom stereocenters. The van der Waals surface area contributed by atoms with Crippen LogP contribution in [0.25, 0.3) is 0 Å². The van der Waals surface area contributed by atoms with Gasteiger partial charge in [-0.2, -0.15) is 0 Å². The first-order valence-electron chi connectivity index (χ1n) is 3.43. The maximum Gasteiger partial charge on any atom is 0.268 e. The number of ether oxygens (including phenoxy) is 1. The number of methoxy groups -OCH3 is 1. The lowest BCUT2D eigenvalue weighted by Crippen LogP contribution is -2.14. The minimum absolute atomic E-state index is 0.101. The zero-order valence-corrected chi connectivity index (χ0v) is 7.65. The molecule has 0 aliphatic heterocycles. The Morgan fingerprint density at radius 2 is 2.31 bits per heavy atom. The molecule has 1 heterocycles. The smallest absolute Gasteiger partial charge is 0.268 e. The molecule has 0 saturated carbocycles. The lowest BCUT2D eigenvalue weighted by Gasteiger charge is -2.05. The Labute approximate surface area is 79.9 Å². The molecule has 1 amide bonds. The van der Waals surface area contributed by atoms with Crippen molar-refractivity contribution in [2.45, 2.75) is 5.56 Å². The molecular formula is C7H8ClN3O2. The number of alkyl halides is 1. The monoisotopic (exact) mass is 201 g/mol. The van der Waals surface area contributed by atoms with E-state index in [1.807, 2.05) is 0 Å². The molecule has 0 saturated heterocycles. The second-order valence-corrected chi connectivity index (χ2v) is 2.64. The summed E-state index contributed by atoms with van der Waals surface area (Å²) in [5, 5.41) is 0. The number of nitrogens with zero attached hydrogens (tertiary/aromatic N) is 2. The van der Waals surface area contributed by atoms with Gasteiger partial charge in [0, 0.05) is 7.11 Å². The molecule has 0 spiro atoms. The maximum absolute atomic E-state index is 10.6. The third-order valence-corrected chi connectivity index (χ3v) is 1.77. The third kappa shape index (κ3) is 2.37. The molecule has 0 aliphatic carbocycles. The topological polar surface area (TPSA) is 78.1 Å². The van der Waals surface area contributed by atoms with Gasteiger partial charge in [-0.05, 0) is 0 Å². The number of hydrogen-bond donors (Lipinski definition) is 1. The number of amides is 1. The van der Waals surface area contributed by atoms with Gasteiger partial charge in [-0.1, -0.05) is 11.6 Å². The summed E-state index contributed by atoms with van der Waals surface area (Å²) in [6, 6.07) is 0. The molecule has 70 valence electrons. The second-order valence-electron chi connectivity index (χ2n) is 2.24. The molecular weight excluding hydrogens is 194 g/mol. The van der Waals surface area contributed by atoms with E-state index in [0.29, 0.717) is 5.69 Å². The molecule has 1 unspecified atom stereocenters. The van der Waals surface area contributed by atoms with E-state index in [4.69, 9.17) is 22.1 Å². The van der Waals surface area contributed by atoms with E-state index in [2.05, 4.69) is 9.97 Å². The van der Waals surface area contributed by atoms with Crippen LogP contribution in [0.3, 0.4) is 0 Å². The lowest BCUT2D eigenvalue weighted by molar-refractivity contribution is 0.0994. The van der Waals surface area contributed by atoms with Gasteiger partial charge in [0.15, 0.2) is 5.56 Å². The van der Waals surface area contributed by atoms with Crippen molar-refractivity contribution in [3.8, 4) is 0 Å². The van der Waals surface area contributed by atoms with Crippen LogP contribution in [0.15, 0.2) is 12.4 Å². The summed E-state index contributed by atoms with van der Waals surface area (Å²) in [7, 11) is 1.45. The fourth-order valence-electron chi connectivity index (χ4n) is 0.703. The molecule has 2 N–H and O–H groups in total. The lowest BCUT2D eigenvalue weighted by atomic mass is 10.4. The molecule has 6 heteroatoms. The zero-order valence-electron chi connectivity index (χ0n) is 6.90. The minimum Gasteiger partial charge on any atom is -0.364 e. The van der Waals surface area contributed by atoms with Crippen LogP contribution in [0.1, 0.15) is 21.7 Å². The number of carbonyl (C=O) groups is 1. The average Bonchev–Trinajstić information content (AvgIpc) is 2.17. The third-order valence-electron chi connectivity index (χ3n) is 1.36.